The van der Waals surface area contributed by atoms with Gasteiger partial charge < -0.3 is 33.8 Å². The quantitative estimate of drug-likeness (QED) is 0.0222. The van der Waals surface area contributed by atoms with Gasteiger partial charge in [0.15, 0.2) is 12.2 Å². The third-order valence-electron chi connectivity index (χ3n) is 13.5. The second kappa shape index (κ2) is 49.8. The van der Waals surface area contributed by atoms with Crippen LogP contribution < -0.4 is 0 Å². The standard InChI is InChI=1S/C58H112O17P2/c1-8-10-11-12-15-25-32-39-55(60)68-45-54(75-58(63)42-35-28-21-20-24-31-38-51(7)9-2)48-73-77(66,67)71-44-52(59)43-70-76(64,65)72-47-53(74-57(62)41-34-27-19-14-17-23-30-37-50(5)6)46-69-56(61)40-33-26-18-13-16-22-29-36-49(3)4/h49-54,59H,8-48H2,1-7H3,(H,64,65)(H,66,67)/t51?,52-,53-,54-/m1/s1. The third kappa shape index (κ3) is 51.9. The number of aliphatic hydroxyl groups is 1. The van der Waals surface area contributed by atoms with E-state index < -0.39 is 97.5 Å². The zero-order chi connectivity index (χ0) is 57.4. The van der Waals surface area contributed by atoms with Crippen LogP contribution in [0.15, 0.2) is 0 Å². The molecule has 0 aliphatic rings. The van der Waals surface area contributed by atoms with Crippen LogP contribution in [0.3, 0.4) is 0 Å². The minimum atomic E-state index is -4.94. The molecule has 0 aliphatic heterocycles. The average Bonchev–Trinajstić information content (AvgIpc) is 3.38. The molecule has 0 fully saturated rings. The lowest BCUT2D eigenvalue weighted by Crippen LogP contribution is -2.30. The molecule has 0 aromatic carbocycles. The molecular formula is C58H112O17P2. The van der Waals surface area contributed by atoms with Crippen LogP contribution in [0.5, 0.6) is 0 Å². The van der Waals surface area contributed by atoms with Crippen molar-refractivity contribution >= 4 is 39.5 Å². The van der Waals surface area contributed by atoms with Gasteiger partial charge in [0, 0.05) is 25.7 Å². The van der Waals surface area contributed by atoms with Crippen LogP contribution in [0, 0.1) is 17.8 Å². The minimum absolute atomic E-state index is 0.102. The number of hydrogen-bond acceptors (Lipinski definition) is 15. The SMILES string of the molecule is CCCCCCCCCC(=O)OC[C@H](COP(=O)(O)OC[C@H](O)COP(=O)(O)OC[C@@H](COC(=O)CCCCCCCCCC(C)C)OC(=O)CCCCCCCCCC(C)C)OC(=O)CCCCCCCCC(C)CC. The molecule has 19 heteroatoms. The third-order valence-corrected chi connectivity index (χ3v) is 15.4. The molecule has 3 N–H and O–H groups in total. The molecule has 0 saturated heterocycles. The number of ether oxygens (including phenoxy) is 4. The number of hydrogen-bond donors (Lipinski definition) is 3. The maximum atomic E-state index is 12.9. The highest BCUT2D eigenvalue weighted by Crippen LogP contribution is 2.45. The topological polar surface area (TPSA) is 237 Å². The molecule has 456 valence electrons. The van der Waals surface area contributed by atoms with Gasteiger partial charge in [0.1, 0.15) is 19.3 Å². The fourth-order valence-electron chi connectivity index (χ4n) is 8.39. The molecule has 0 aromatic rings. The largest absolute Gasteiger partial charge is 0.472 e. The lowest BCUT2D eigenvalue weighted by molar-refractivity contribution is -0.161. The van der Waals surface area contributed by atoms with E-state index in [2.05, 4.69) is 48.5 Å². The Labute approximate surface area is 467 Å². The van der Waals surface area contributed by atoms with Crippen LogP contribution in [-0.4, -0.2) is 96.7 Å². The van der Waals surface area contributed by atoms with E-state index in [1.54, 1.807) is 0 Å². The van der Waals surface area contributed by atoms with Crippen molar-refractivity contribution in [2.24, 2.45) is 17.8 Å². The van der Waals surface area contributed by atoms with E-state index in [1.165, 1.54) is 64.2 Å². The summed E-state index contributed by atoms with van der Waals surface area (Å²) in [6.07, 6.45) is 28.3. The number of carbonyl (C=O) groups excluding carboxylic acids is 4. The molecule has 17 nitrogen and oxygen atoms in total. The van der Waals surface area contributed by atoms with Gasteiger partial charge in [0.2, 0.25) is 0 Å². The number of phosphoric ester groups is 2. The lowest BCUT2D eigenvalue weighted by atomic mass is 10.00. The molecule has 77 heavy (non-hydrogen) atoms. The van der Waals surface area contributed by atoms with Crippen LogP contribution in [0.2, 0.25) is 0 Å². The van der Waals surface area contributed by atoms with E-state index in [0.717, 1.165) is 115 Å². The predicted molar refractivity (Wildman–Crippen MR) is 303 cm³/mol. The normalized spacial score (nSPS) is 14.9. The van der Waals surface area contributed by atoms with Gasteiger partial charge in [-0.3, -0.25) is 37.3 Å². The molecule has 0 bridgehead atoms. The van der Waals surface area contributed by atoms with Crippen molar-refractivity contribution in [3.63, 3.8) is 0 Å². The molecule has 0 heterocycles. The Morgan fingerprint density at radius 3 is 0.987 bits per heavy atom. The summed E-state index contributed by atoms with van der Waals surface area (Å²) >= 11 is 0. The van der Waals surface area contributed by atoms with Crippen molar-refractivity contribution in [1.29, 1.82) is 0 Å². The smallest absolute Gasteiger partial charge is 0.462 e. The summed E-state index contributed by atoms with van der Waals surface area (Å²) in [5, 5.41) is 10.5. The highest BCUT2D eigenvalue weighted by atomic mass is 31.2. The maximum Gasteiger partial charge on any atom is 0.472 e. The van der Waals surface area contributed by atoms with Gasteiger partial charge in [0.25, 0.3) is 0 Å². The first-order valence-corrected chi connectivity index (χ1v) is 33.4. The van der Waals surface area contributed by atoms with Gasteiger partial charge >= 0.3 is 39.5 Å². The summed E-state index contributed by atoms with van der Waals surface area (Å²) in [5.74, 6) is -0.0325. The Morgan fingerprint density at radius 1 is 0.377 bits per heavy atom. The van der Waals surface area contributed by atoms with Crippen LogP contribution in [0.1, 0.15) is 273 Å². The zero-order valence-corrected chi connectivity index (χ0v) is 51.2. The van der Waals surface area contributed by atoms with Crippen molar-refractivity contribution in [3.05, 3.63) is 0 Å². The number of carbonyl (C=O) groups is 4. The minimum Gasteiger partial charge on any atom is -0.462 e. The molecular weight excluding hydrogens is 1030 g/mol. The van der Waals surface area contributed by atoms with Crippen molar-refractivity contribution in [2.75, 3.05) is 39.6 Å². The Kier molecular flexibility index (Phi) is 48.6. The zero-order valence-electron chi connectivity index (χ0n) is 49.4. The Bertz CT molecular complexity index is 1550. The molecule has 0 aliphatic carbocycles. The number of aliphatic hydroxyl groups excluding tert-OH is 1. The van der Waals surface area contributed by atoms with E-state index in [9.17, 15) is 43.2 Å². The van der Waals surface area contributed by atoms with Crippen molar-refractivity contribution < 1.29 is 80.2 Å². The van der Waals surface area contributed by atoms with Gasteiger partial charge in [-0.05, 0) is 43.4 Å². The molecule has 0 radical (unpaired) electrons. The molecule has 6 atom stereocenters. The van der Waals surface area contributed by atoms with Crippen LogP contribution in [0.25, 0.3) is 0 Å². The van der Waals surface area contributed by atoms with Gasteiger partial charge in [-0.25, -0.2) is 9.13 Å². The van der Waals surface area contributed by atoms with Crippen LogP contribution in [-0.2, 0) is 65.4 Å². The molecule has 0 saturated carbocycles. The molecule has 0 aromatic heterocycles. The molecule has 0 amide bonds. The van der Waals surface area contributed by atoms with E-state index in [-0.39, 0.29) is 25.7 Å². The lowest BCUT2D eigenvalue weighted by Gasteiger charge is -2.21. The first kappa shape index (κ1) is 75.1. The summed E-state index contributed by atoms with van der Waals surface area (Å²) in [6, 6.07) is 0. The summed E-state index contributed by atoms with van der Waals surface area (Å²) in [5.41, 5.74) is 0. The summed E-state index contributed by atoms with van der Waals surface area (Å²) in [7, 11) is -9.87. The second-order valence-corrected chi connectivity index (χ2v) is 25.1. The first-order chi connectivity index (χ1) is 36.8. The Balaban J connectivity index is 5.23. The summed E-state index contributed by atoms with van der Waals surface area (Å²) < 4.78 is 67.6. The van der Waals surface area contributed by atoms with Crippen LogP contribution in [0.4, 0.5) is 0 Å². The van der Waals surface area contributed by atoms with Gasteiger partial charge in [-0.2, -0.15) is 0 Å². The Morgan fingerprint density at radius 2 is 0.662 bits per heavy atom. The number of rotatable bonds is 56. The number of unbranched alkanes of at least 4 members (excludes halogenated alkanes) is 23. The van der Waals surface area contributed by atoms with E-state index in [0.29, 0.717) is 37.5 Å². The highest BCUT2D eigenvalue weighted by Gasteiger charge is 2.30. The van der Waals surface area contributed by atoms with E-state index in [1.807, 2.05) is 0 Å². The number of phosphoric acid groups is 2. The summed E-state index contributed by atoms with van der Waals surface area (Å²) in [6.45, 7) is 11.5. The molecule has 3 unspecified atom stereocenters. The van der Waals surface area contributed by atoms with Crippen molar-refractivity contribution in [3.8, 4) is 0 Å². The second-order valence-electron chi connectivity index (χ2n) is 22.2. The fraction of sp³-hybridized carbons (Fsp3) is 0.931. The van der Waals surface area contributed by atoms with Crippen molar-refractivity contribution in [2.45, 2.75) is 292 Å². The highest BCUT2D eigenvalue weighted by molar-refractivity contribution is 7.47. The van der Waals surface area contributed by atoms with Gasteiger partial charge in [-0.15, -0.1) is 0 Å². The molecule has 0 spiro atoms. The van der Waals surface area contributed by atoms with Gasteiger partial charge in [-0.1, -0.05) is 222 Å². The predicted octanol–water partition coefficient (Wildman–Crippen LogP) is 15.2. The van der Waals surface area contributed by atoms with E-state index in [4.69, 9.17) is 37.0 Å². The Hall–Kier alpha value is -1.94. The fourth-order valence-corrected chi connectivity index (χ4v) is 9.97. The van der Waals surface area contributed by atoms with Crippen molar-refractivity contribution in [1.82, 2.24) is 0 Å². The van der Waals surface area contributed by atoms with Crippen LogP contribution >= 0.6 is 15.6 Å². The first-order valence-electron chi connectivity index (χ1n) is 30.4. The number of esters is 4. The summed E-state index contributed by atoms with van der Waals surface area (Å²) in [4.78, 5) is 71.8. The maximum absolute atomic E-state index is 12.9. The van der Waals surface area contributed by atoms with E-state index >= 15 is 0 Å². The molecule has 0 rings (SSSR count). The van der Waals surface area contributed by atoms with Gasteiger partial charge in [0.05, 0.1) is 26.4 Å². The average molecular weight is 1140 g/mol. The monoisotopic (exact) mass is 1140 g/mol.